The van der Waals surface area contributed by atoms with E-state index in [4.69, 9.17) is 9.47 Å². The Morgan fingerprint density at radius 3 is 2.40 bits per heavy atom. The van der Waals surface area contributed by atoms with Crippen LogP contribution in [0, 0.1) is 6.92 Å². The highest BCUT2D eigenvalue weighted by Crippen LogP contribution is 2.23. The van der Waals surface area contributed by atoms with Crippen LogP contribution in [0.3, 0.4) is 0 Å². The van der Waals surface area contributed by atoms with Gasteiger partial charge in [-0.15, -0.1) is 0 Å². The molecule has 0 heterocycles. The third-order valence-corrected chi connectivity index (χ3v) is 3.32. The first kappa shape index (κ1) is 18.1. The number of hydrogen-bond acceptors (Lipinski definition) is 5. The number of rotatable bonds is 6. The van der Waals surface area contributed by atoms with Crippen molar-refractivity contribution in [1.82, 2.24) is 5.32 Å². The molecule has 0 saturated carbocycles. The SMILES string of the molecule is COc1ccc(OCCNC(=O)C(=O)Nc2cc(C)ccc2O)cc1. The van der Waals surface area contributed by atoms with E-state index in [1.807, 2.05) is 6.92 Å². The third kappa shape index (κ3) is 5.42. The van der Waals surface area contributed by atoms with Crippen molar-refractivity contribution in [3.8, 4) is 17.2 Å². The lowest BCUT2D eigenvalue weighted by molar-refractivity contribution is -0.136. The molecule has 0 aliphatic heterocycles. The molecule has 0 atom stereocenters. The van der Waals surface area contributed by atoms with Gasteiger partial charge in [0.05, 0.1) is 19.3 Å². The highest BCUT2D eigenvalue weighted by atomic mass is 16.5. The van der Waals surface area contributed by atoms with Crippen LogP contribution in [0.1, 0.15) is 5.56 Å². The van der Waals surface area contributed by atoms with Crippen LogP contribution in [-0.2, 0) is 9.59 Å². The van der Waals surface area contributed by atoms with Gasteiger partial charge in [0.2, 0.25) is 0 Å². The number of amides is 2. The minimum atomic E-state index is -0.856. The van der Waals surface area contributed by atoms with Gasteiger partial charge >= 0.3 is 11.8 Å². The van der Waals surface area contributed by atoms with Crippen LogP contribution in [-0.4, -0.2) is 37.2 Å². The van der Waals surface area contributed by atoms with Gasteiger partial charge in [-0.3, -0.25) is 9.59 Å². The van der Waals surface area contributed by atoms with Gasteiger partial charge in [-0.05, 0) is 48.9 Å². The first-order valence-electron chi connectivity index (χ1n) is 7.65. The number of carbonyl (C=O) groups is 2. The van der Waals surface area contributed by atoms with E-state index in [9.17, 15) is 14.7 Å². The summed E-state index contributed by atoms with van der Waals surface area (Å²) in [4.78, 5) is 23.6. The number of phenolic OH excluding ortho intramolecular Hbond substituents is 1. The molecule has 0 radical (unpaired) electrons. The first-order chi connectivity index (χ1) is 12.0. The number of methoxy groups -OCH3 is 1. The van der Waals surface area contributed by atoms with Crippen molar-refractivity contribution in [2.24, 2.45) is 0 Å². The number of aryl methyl sites for hydroxylation is 1. The molecule has 0 bridgehead atoms. The largest absolute Gasteiger partial charge is 0.506 e. The van der Waals surface area contributed by atoms with Crippen LogP contribution in [0.4, 0.5) is 5.69 Å². The maximum atomic E-state index is 11.8. The maximum absolute atomic E-state index is 11.8. The fourth-order valence-corrected chi connectivity index (χ4v) is 2.01. The summed E-state index contributed by atoms with van der Waals surface area (Å²) in [5.74, 6) is -0.417. The van der Waals surface area contributed by atoms with Gasteiger partial charge in [-0.2, -0.15) is 0 Å². The summed E-state index contributed by atoms with van der Waals surface area (Å²) in [7, 11) is 1.58. The molecular formula is C18H20N2O5. The summed E-state index contributed by atoms with van der Waals surface area (Å²) >= 11 is 0. The van der Waals surface area contributed by atoms with Crippen LogP contribution >= 0.6 is 0 Å². The van der Waals surface area contributed by atoms with Crippen LogP contribution < -0.4 is 20.1 Å². The zero-order chi connectivity index (χ0) is 18.2. The molecule has 3 N–H and O–H groups in total. The summed E-state index contributed by atoms with van der Waals surface area (Å²) in [6.45, 7) is 2.19. The number of ether oxygens (including phenoxy) is 2. The molecule has 0 aliphatic carbocycles. The van der Waals surface area contributed by atoms with Crippen molar-refractivity contribution in [3.05, 3.63) is 48.0 Å². The average Bonchev–Trinajstić information content (AvgIpc) is 2.62. The molecule has 0 aromatic heterocycles. The van der Waals surface area contributed by atoms with Crippen molar-refractivity contribution in [3.63, 3.8) is 0 Å². The molecule has 2 amide bonds. The third-order valence-electron chi connectivity index (χ3n) is 3.32. The number of anilines is 1. The Balaban J connectivity index is 1.75. The molecule has 132 valence electrons. The molecule has 2 rings (SSSR count). The fraction of sp³-hybridized carbons (Fsp3) is 0.222. The number of carbonyl (C=O) groups excluding carboxylic acids is 2. The van der Waals surface area contributed by atoms with E-state index in [1.54, 1.807) is 43.5 Å². The predicted octanol–water partition coefficient (Wildman–Crippen LogP) is 1.84. The molecule has 0 unspecified atom stereocenters. The molecule has 25 heavy (non-hydrogen) atoms. The minimum absolute atomic E-state index is 0.102. The zero-order valence-corrected chi connectivity index (χ0v) is 14.0. The number of phenols is 1. The van der Waals surface area contributed by atoms with E-state index in [-0.39, 0.29) is 24.6 Å². The Bertz CT molecular complexity index is 744. The van der Waals surface area contributed by atoms with Crippen LogP contribution in [0.25, 0.3) is 0 Å². The Morgan fingerprint density at radius 2 is 1.72 bits per heavy atom. The second-order valence-corrected chi connectivity index (χ2v) is 5.25. The monoisotopic (exact) mass is 344 g/mol. The standard InChI is InChI=1S/C18H20N2O5/c1-12-3-8-16(21)15(11-12)20-18(23)17(22)19-9-10-25-14-6-4-13(24-2)5-7-14/h3-8,11,21H,9-10H2,1-2H3,(H,19,22)(H,20,23). The van der Waals surface area contributed by atoms with E-state index in [0.717, 1.165) is 11.3 Å². The van der Waals surface area contributed by atoms with Gasteiger partial charge in [0.25, 0.3) is 0 Å². The molecule has 0 aliphatic rings. The van der Waals surface area contributed by atoms with Gasteiger partial charge in [0.15, 0.2) is 0 Å². The van der Waals surface area contributed by atoms with Crippen LogP contribution in [0.5, 0.6) is 17.2 Å². The van der Waals surface area contributed by atoms with Gasteiger partial charge in [-0.1, -0.05) is 6.07 Å². The topological polar surface area (TPSA) is 96.9 Å². The molecule has 7 nitrogen and oxygen atoms in total. The lowest BCUT2D eigenvalue weighted by atomic mass is 10.2. The van der Waals surface area contributed by atoms with E-state index in [0.29, 0.717) is 5.75 Å². The van der Waals surface area contributed by atoms with Gasteiger partial charge in [0, 0.05) is 0 Å². The number of hydrogen-bond donors (Lipinski definition) is 3. The molecular weight excluding hydrogens is 324 g/mol. The van der Waals surface area contributed by atoms with E-state index in [2.05, 4.69) is 10.6 Å². The second kappa shape index (κ2) is 8.58. The fourth-order valence-electron chi connectivity index (χ4n) is 2.01. The Kier molecular flexibility index (Phi) is 6.22. The van der Waals surface area contributed by atoms with Crippen LogP contribution in [0.2, 0.25) is 0 Å². The Hall–Kier alpha value is -3.22. The minimum Gasteiger partial charge on any atom is -0.506 e. The number of nitrogens with one attached hydrogen (secondary N) is 2. The maximum Gasteiger partial charge on any atom is 0.313 e. The summed E-state index contributed by atoms with van der Waals surface area (Å²) in [5.41, 5.74) is 1.04. The quantitative estimate of drug-likeness (QED) is 0.422. The molecule has 2 aromatic carbocycles. The summed E-state index contributed by atoms with van der Waals surface area (Å²) in [5, 5.41) is 14.5. The Morgan fingerprint density at radius 1 is 1.04 bits per heavy atom. The predicted molar refractivity (Wildman–Crippen MR) is 93.0 cm³/mol. The molecule has 0 spiro atoms. The van der Waals surface area contributed by atoms with Crippen molar-refractivity contribution < 1.29 is 24.2 Å². The van der Waals surface area contributed by atoms with Crippen molar-refractivity contribution in [2.45, 2.75) is 6.92 Å². The van der Waals surface area contributed by atoms with Gasteiger partial charge in [0.1, 0.15) is 23.9 Å². The molecule has 2 aromatic rings. The van der Waals surface area contributed by atoms with Crippen molar-refractivity contribution in [2.75, 3.05) is 25.6 Å². The highest BCUT2D eigenvalue weighted by molar-refractivity contribution is 6.39. The average molecular weight is 344 g/mol. The summed E-state index contributed by atoms with van der Waals surface area (Å²) in [6, 6.07) is 11.7. The smallest absolute Gasteiger partial charge is 0.313 e. The summed E-state index contributed by atoms with van der Waals surface area (Å²) in [6.07, 6.45) is 0. The van der Waals surface area contributed by atoms with Crippen LogP contribution in [0.15, 0.2) is 42.5 Å². The summed E-state index contributed by atoms with van der Waals surface area (Å²) < 4.78 is 10.5. The first-order valence-corrected chi connectivity index (χ1v) is 7.65. The molecule has 7 heteroatoms. The van der Waals surface area contributed by atoms with E-state index in [1.165, 1.54) is 6.07 Å². The van der Waals surface area contributed by atoms with Crippen molar-refractivity contribution in [1.29, 1.82) is 0 Å². The van der Waals surface area contributed by atoms with Gasteiger partial charge < -0.3 is 25.2 Å². The second-order valence-electron chi connectivity index (χ2n) is 5.25. The Labute approximate surface area is 145 Å². The molecule has 0 saturated heterocycles. The number of aromatic hydroxyl groups is 1. The number of benzene rings is 2. The zero-order valence-electron chi connectivity index (χ0n) is 14.0. The van der Waals surface area contributed by atoms with Crippen molar-refractivity contribution >= 4 is 17.5 Å². The normalized spacial score (nSPS) is 10.0. The lowest BCUT2D eigenvalue weighted by Gasteiger charge is -2.10. The van der Waals surface area contributed by atoms with E-state index < -0.39 is 11.8 Å². The van der Waals surface area contributed by atoms with E-state index >= 15 is 0 Å². The highest BCUT2D eigenvalue weighted by Gasteiger charge is 2.15. The lowest BCUT2D eigenvalue weighted by Crippen LogP contribution is -2.37. The van der Waals surface area contributed by atoms with Gasteiger partial charge in [-0.25, -0.2) is 0 Å². The molecule has 0 fully saturated rings.